The van der Waals surface area contributed by atoms with Gasteiger partial charge >= 0.3 is 5.97 Å². The van der Waals surface area contributed by atoms with Crippen LogP contribution in [0.1, 0.15) is 26.2 Å². The second kappa shape index (κ2) is 3.74. The Morgan fingerprint density at radius 2 is 1.74 bits per heavy atom. The van der Waals surface area contributed by atoms with Crippen LogP contribution in [0.25, 0.3) is 0 Å². The van der Waals surface area contributed by atoms with Gasteiger partial charge in [-0.15, -0.1) is 0 Å². The summed E-state index contributed by atoms with van der Waals surface area (Å²) in [5, 5.41) is 9.15. The molecule has 4 nitrogen and oxygen atoms in total. The summed E-state index contributed by atoms with van der Waals surface area (Å²) in [5.74, 6) is 2.43. The Balaban J connectivity index is 1.45. The molecule has 1 amide bonds. The number of amides is 1. The van der Waals surface area contributed by atoms with Gasteiger partial charge in [0.05, 0.1) is 5.92 Å². The summed E-state index contributed by atoms with van der Waals surface area (Å²) >= 11 is 0. The van der Waals surface area contributed by atoms with Crippen molar-refractivity contribution in [3.8, 4) is 0 Å². The molecule has 3 aliphatic carbocycles. The van der Waals surface area contributed by atoms with Crippen LogP contribution >= 0.6 is 0 Å². The van der Waals surface area contributed by atoms with Crippen molar-refractivity contribution in [1.29, 1.82) is 0 Å². The Morgan fingerprint density at radius 3 is 2.26 bits per heavy atom. The zero-order valence-electron chi connectivity index (χ0n) is 11.3. The molecule has 104 valence electrons. The lowest BCUT2D eigenvalue weighted by Gasteiger charge is -2.18. The monoisotopic (exact) mass is 263 g/mol. The predicted molar refractivity (Wildman–Crippen MR) is 68.2 cm³/mol. The van der Waals surface area contributed by atoms with Crippen molar-refractivity contribution in [3.05, 3.63) is 0 Å². The minimum absolute atomic E-state index is 0.0942. The van der Waals surface area contributed by atoms with Crippen LogP contribution < -0.4 is 0 Å². The smallest absolute Gasteiger partial charge is 0.308 e. The number of fused-ring (bicyclic) bond motifs is 5. The topological polar surface area (TPSA) is 57.6 Å². The first kappa shape index (κ1) is 11.7. The summed E-state index contributed by atoms with van der Waals surface area (Å²) in [6, 6.07) is 0. The third-order valence-electron chi connectivity index (χ3n) is 6.26. The maximum absolute atomic E-state index is 12.6. The number of carboxylic acids is 1. The first-order valence-electron chi connectivity index (χ1n) is 7.59. The molecular weight excluding hydrogens is 242 g/mol. The minimum Gasteiger partial charge on any atom is -0.481 e. The molecule has 1 N–H and O–H groups in total. The third kappa shape index (κ3) is 1.52. The molecule has 2 bridgehead atoms. The van der Waals surface area contributed by atoms with Gasteiger partial charge in [-0.05, 0) is 48.9 Å². The van der Waals surface area contributed by atoms with Crippen LogP contribution in [0, 0.1) is 41.4 Å². The number of carbonyl (C=O) groups is 2. The van der Waals surface area contributed by atoms with E-state index in [1.807, 2.05) is 11.8 Å². The van der Waals surface area contributed by atoms with Crippen molar-refractivity contribution in [2.24, 2.45) is 41.4 Å². The number of carboxylic acid groups (broad SMARTS) is 1. The molecule has 1 heterocycles. The van der Waals surface area contributed by atoms with Crippen LogP contribution in [0.2, 0.25) is 0 Å². The quantitative estimate of drug-likeness (QED) is 0.820. The van der Waals surface area contributed by atoms with Gasteiger partial charge in [-0.3, -0.25) is 9.59 Å². The maximum Gasteiger partial charge on any atom is 0.308 e. The van der Waals surface area contributed by atoms with Gasteiger partial charge in [0.1, 0.15) is 0 Å². The second-order valence-electron chi connectivity index (χ2n) is 7.18. The lowest BCUT2D eigenvalue weighted by Crippen LogP contribution is -2.32. The molecule has 6 unspecified atom stereocenters. The van der Waals surface area contributed by atoms with Gasteiger partial charge in [0.2, 0.25) is 5.91 Å². The van der Waals surface area contributed by atoms with Crippen LogP contribution in [-0.2, 0) is 9.59 Å². The molecule has 4 aliphatic rings. The molecule has 0 aromatic rings. The molecule has 1 saturated heterocycles. The summed E-state index contributed by atoms with van der Waals surface area (Å²) in [4.78, 5) is 25.6. The summed E-state index contributed by atoms with van der Waals surface area (Å²) in [6.45, 7) is 3.02. The predicted octanol–water partition coefficient (Wildman–Crippen LogP) is 1.46. The summed E-state index contributed by atoms with van der Waals surface area (Å²) < 4.78 is 0. The maximum atomic E-state index is 12.6. The molecule has 19 heavy (non-hydrogen) atoms. The summed E-state index contributed by atoms with van der Waals surface area (Å²) in [6.07, 6.45) is 4.00. The zero-order chi connectivity index (χ0) is 13.3. The van der Waals surface area contributed by atoms with Gasteiger partial charge in [0.15, 0.2) is 0 Å². The molecule has 0 aromatic heterocycles. The summed E-state index contributed by atoms with van der Waals surface area (Å²) in [7, 11) is 0. The van der Waals surface area contributed by atoms with Gasteiger partial charge in [-0.2, -0.15) is 0 Å². The number of hydrogen-bond acceptors (Lipinski definition) is 2. The lowest BCUT2D eigenvalue weighted by atomic mass is 9.99. The fourth-order valence-corrected chi connectivity index (χ4v) is 5.33. The summed E-state index contributed by atoms with van der Waals surface area (Å²) in [5.41, 5.74) is 0. The van der Waals surface area contributed by atoms with Crippen LogP contribution in [0.4, 0.5) is 0 Å². The molecule has 0 aromatic carbocycles. The molecule has 0 radical (unpaired) electrons. The number of aliphatic carboxylic acids is 1. The average Bonchev–Trinajstić information content (AvgIpc) is 2.73. The van der Waals surface area contributed by atoms with Crippen molar-refractivity contribution < 1.29 is 14.7 Å². The van der Waals surface area contributed by atoms with E-state index in [1.165, 1.54) is 19.3 Å². The third-order valence-corrected chi connectivity index (χ3v) is 6.26. The van der Waals surface area contributed by atoms with Crippen molar-refractivity contribution >= 4 is 11.9 Å². The molecule has 4 rings (SSSR count). The largest absolute Gasteiger partial charge is 0.481 e. The molecule has 0 spiro atoms. The van der Waals surface area contributed by atoms with Crippen molar-refractivity contribution in [2.75, 3.05) is 13.1 Å². The fraction of sp³-hybridized carbons (Fsp3) is 0.867. The van der Waals surface area contributed by atoms with Crippen LogP contribution in [0.5, 0.6) is 0 Å². The van der Waals surface area contributed by atoms with Crippen LogP contribution in [0.15, 0.2) is 0 Å². The van der Waals surface area contributed by atoms with Gasteiger partial charge in [-0.1, -0.05) is 6.92 Å². The Bertz CT molecular complexity index is 433. The Hall–Kier alpha value is -1.06. The van der Waals surface area contributed by atoms with Crippen LogP contribution in [-0.4, -0.2) is 35.0 Å². The highest BCUT2D eigenvalue weighted by Gasteiger charge is 2.68. The highest BCUT2D eigenvalue weighted by Crippen LogP contribution is 2.69. The normalized spacial score (nSPS) is 50.4. The first-order valence-corrected chi connectivity index (χ1v) is 7.59. The van der Waals surface area contributed by atoms with Crippen molar-refractivity contribution in [2.45, 2.75) is 26.2 Å². The second-order valence-corrected chi connectivity index (χ2v) is 7.18. The van der Waals surface area contributed by atoms with E-state index in [0.717, 1.165) is 11.8 Å². The average molecular weight is 263 g/mol. The van der Waals surface area contributed by atoms with E-state index in [4.69, 9.17) is 5.11 Å². The van der Waals surface area contributed by atoms with E-state index >= 15 is 0 Å². The lowest BCUT2D eigenvalue weighted by molar-refractivity contribution is -0.142. The van der Waals surface area contributed by atoms with Crippen molar-refractivity contribution in [1.82, 2.24) is 4.90 Å². The van der Waals surface area contributed by atoms with Crippen molar-refractivity contribution in [3.63, 3.8) is 0 Å². The Labute approximate surface area is 113 Å². The number of nitrogens with zero attached hydrogens (tertiary/aromatic N) is 1. The van der Waals surface area contributed by atoms with Crippen LogP contribution in [0.3, 0.4) is 0 Å². The fourth-order valence-electron chi connectivity index (χ4n) is 5.33. The Morgan fingerprint density at radius 1 is 1.11 bits per heavy atom. The number of carbonyl (C=O) groups excluding carboxylic acids is 1. The number of rotatable bonds is 2. The number of likely N-dealkylation sites (tertiary alicyclic amines) is 1. The van der Waals surface area contributed by atoms with Gasteiger partial charge in [0, 0.05) is 19.0 Å². The number of hydrogen-bond donors (Lipinski definition) is 1. The first-order chi connectivity index (χ1) is 9.08. The van der Waals surface area contributed by atoms with E-state index in [1.54, 1.807) is 0 Å². The highest BCUT2D eigenvalue weighted by molar-refractivity contribution is 5.84. The van der Waals surface area contributed by atoms with Gasteiger partial charge < -0.3 is 10.0 Å². The minimum atomic E-state index is -0.751. The van der Waals surface area contributed by atoms with E-state index in [-0.39, 0.29) is 23.7 Å². The van der Waals surface area contributed by atoms with E-state index in [0.29, 0.717) is 24.9 Å². The molecule has 3 saturated carbocycles. The standard InChI is InChI=1S/C15H21NO3/c1-7-5-16(6-10(7)15(18)19)14(17)13-11-8-2-3-9(4-8)12(11)13/h7-13H,2-6H2,1H3,(H,18,19). The molecular formula is C15H21NO3. The molecule has 6 atom stereocenters. The molecule has 4 heteroatoms. The zero-order valence-corrected chi connectivity index (χ0v) is 11.3. The Kier molecular flexibility index (Phi) is 2.31. The molecule has 4 fully saturated rings. The van der Waals surface area contributed by atoms with E-state index in [2.05, 4.69) is 0 Å². The highest BCUT2D eigenvalue weighted by atomic mass is 16.4. The van der Waals surface area contributed by atoms with E-state index in [9.17, 15) is 9.59 Å². The van der Waals surface area contributed by atoms with E-state index < -0.39 is 5.97 Å². The van der Waals surface area contributed by atoms with Gasteiger partial charge in [0.25, 0.3) is 0 Å². The molecule has 1 aliphatic heterocycles. The van der Waals surface area contributed by atoms with Gasteiger partial charge in [-0.25, -0.2) is 0 Å². The SMILES string of the molecule is CC1CN(C(=O)C2C3C4CCC(C4)C23)CC1C(=O)O.